The van der Waals surface area contributed by atoms with E-state index in [1.165, 1.54) is 13.7 Å². The molecule has 36 heavy (non-hydrogen) atoms. The molecular weight excluding hydrogens is 466 g/mol. The lowest BCUT2D eigenvalue weighted by Gasteiger charge is -2.39. The maximum Gasteiger partial charge on any atom is 0.336 e. The van der Waals surface area contributed by atoms with Crippen LogP contribution in [0.3, 0.4) is 0 Å². The zero-order valence-electron chi connectivity index (χ0n) is 24.3. The molecule has 0 spiro atoms. The lowest BCUT2D eigenvalue weighted by molar-refractivity contribution is 0.149. The minimum atomic E-state index is -1.56. The van der Waals surface area contributed by atoms with E-state index in [0.717, 1.165) is 18.9 Å². The Kier molecular flexibility index (Phi) is 11.0. The molecule has 1 aromatic heterocycles. The molecule has 0 saturated heterocycles. The van der Waals surface area contributed by atoms with Crippen LogP contribution >= 0.6 is 0 Å². The van der Waals surface area contributed by atoms with E-state index in [2.05, 4.69) is 74.4 Å². The summed E-state index contributed by atoms with van der Waals surface area (Å²) >= 11 is 0. The largest absolute Gasteiger partial charge is 0.336 e. The topological polar surface area (TPSA) is 66.0 Å². The Balaban J connectivity index is 3.36. The van der Waals surface area contributed by atoms with Crippen molar-refractivity contribution < 1.29 is 0 Å². The molecule has 1 heterocycles. The van der Waals surface area contributed by atoms with E-state index in [1.807, 2.05) is 17.9 Å². The van der Waals surface area contributed by atoms with Crippen molar-refractivity contribution in [1.82, 2.24) is 13.7 Å². The molecule has 204 valence electrons. The predicted molar refractivity (Wildman–Crippen MR) is 157 cm³/mol. The molecule has 7 heteroatoms. The quantitative estimate of drug-likeness (QED) is 0.211. The van der Waals surface area contributed by atoms with E-state index in [0.29, 0.717) is 25.8 Å². The van der Waals surface area contributed by atoms with Gasteiger partial charge in [0.2, 0.25) is 0 Å². The molecule has 0 aliphatic carbocycles. The van der Waals surface area contributed by atoms with Crippen molar-refractivity contribution in [3.8, 4) is 0 Å². The summed E-state index contributed by atoms with van der Waals surface area (Å²) in [5.74, 6) is 0. The van der Waals surface area contributed by atoms with Gasteiger partial charge in [0.15, 0.2) is 0 Å². The van der Waals surface area contributed by atoms with Gasteiger partial charge in [-0.25, -0.2) is 28.1 Å². The normalized spacial score (nSPS) is 14.3. The maximum absolute atomic E-state index is 13.4. The van der Waals surface area contributed by atoms with Crippen LogP contribution in [0.15, 0.2) is 52.0 Å². The fourth-order valence-corrected chi connectivity index (χ4v) is 5.51. The van der Waals surface area contributed by atoms with Gasteiger partial charge in [0, 0.05) is 19.6 Å². The molecular formula is C29H51N3O3Si. The van der Waals surface area contributed by atoms with Crippen molar-refractivity contribution in [1.29, 1.82) is 0 Å². The highest BCUT2D eigenvalue weighted by atomic mass is 28.3. The van der Waals surface area contributed by atoms with Crippen LogP contribution in [0, 0.1) is 16.2 Å². The smallest absolute Gasteiger partial charge is 0.247 e. The van der Waals surface area contributed by atoms with Crippen molar-refractivity contribution in [2.45, 2.75) is 112 Å². The lowest BCUT2D eigenvalue weighted by Crippen LogP contribution is -2.54. The molecule has 1 atom stereocenters. The molecule has 0 aliphatic rings. The Labute approximate surface area is 219 Å². The summed E-state index contributed by atoms with van der Waals surface area (Å²) in [4.78, 5) is 40.0. The molecule has 6 nitrogen and oxygen atoms in total. The summed E-state index contributed by atoms with van der Waals surface area (Å²) in [6, 6.07) is 0.929. The fraction of sp³-hybridized carbons (Fsp3) is 0.690. The molecule has 0 bridgehead atoms. The molecule has 1 rings (SSSR count). The Hall–Kier alpha value is -2.15. The van der Waals surface area contributed by atoms with Crippen LogP contribution in [-0.2, 0) is 19.6 Å². The van der Waals surface area contributed by atoms with Crippen LogP contribution in [0.1, 0.15) is 73.6 Å². The van der Waals surface area contributed by atoms with Crippen LogP contribution in [0.4, 0.5) is 0 Å². The Bertz CT molecular complexity index is 1030. The van der Waals surface area contributed by atoms with E-state index in [1.54, 1.807) is 0 Å². The second-order valence-corrected chi connectivity index (χ2v) is 17.8. The van der Waals surface area contributed by atoms with Crippen molar-refractivity contribution in [3.63, 3.8) is 0 Å². The minimum absolute atomic E-state index is 0.00149. The molecule has 1 unspecified atom stereocenters. The number of rotatable bonds is 15. The standard InChI is InChI=1S/C29H51N3O3Si/c1-12-28(7,8)18-15-20-30-24(33)31(21-16-19-29(9,13-2)27(4,5)6)26(35)32(25(30)34)22-17-23-36(10,11)14-3/h12-14H,1-3,15-23H2,4-11H3. The second-order valence-electron chi connectivity index (χ2n) is 12.9. The average Bonchev–Trinajstić information content (AvgIpc) is 2.79. The molecule has 1 aromatic rings. The fourth-order valence-electron chi connectivity index (χ4n) is 4.23. The highest BCUT2D eigenvalue weighted by Crippen LogP contribution is 2.43. The molecule has 0 amide bonds. The number of allylic oxidation sites excluding steroid dienone is 2. The van der Waals surface area contributed by atoms with Gasteiger partial charge in [-0.3, -0.25) is 0 Å². The zero-order valence-corrected chi connectivity index (χ0v) is 25.3. The van der Waals surface area contributed by atoms with Crippen LogP contribution in [0.25, 0.3) is 0 Å². The Morgan fingerprint density at radius 3 is 1.47 bits per heavy atom. The van der Waals surface area contributed by atoms with Gasteiger partial charge in [-0.1, -0.05) is 72.8 Å². The third-order valence-corrected chi connectivity index (χ3v) is 10.9. The van der Waals surface area contributed by atoms with Gasteiger partial charge in [-0.05, 0) is 48.3 Å². The third-order valence-electron chi connectivity index (χ3n) is 8.14. The maximum atomic E-state index is 13.4. The summed E-state index contributed by atoms with van der Waals surface area (Å²) in [7, 11) is -1.56. The lowest BCUT2D eigenvalue weighted by atomic mass is 9.65. The van der Waals surface area contributed by atoms with Gasteiger partial charge in [-0.2, -0.15) is 0 Å². The summed E-state index contributed by atoms with van der Waals surface area (Å²) in [6.45, 7) is 30.0. The zero-order chi connectivity index (χ0) is 27.9. The van der Waals surface area contributed by atoms with Crippen molar-refractivity contribution >= 4 is 8.07 Å². The minimum Gasteiger partial charge on any atom is -0.247 e. The first-order valence-corrected chi connectivity index (χ1v) is 16.6. The SMILES string of the molecule is C=CC(C)(C)CCCn1c(=O)n(CCCC(C)(C=C)C(C)(C)C)c(=O)n(CCC[Si](C)(C)C=C)c1=O. The highest BCUT2D eigenvalue weighted by molar-refractivity contribution is 6.82. The summed E-state index contributed by atoms with van der Waals surface area (Å²) < 4.78 is 3.79. The van der Waals surface area contributed by atoms with Crippen LogP contribution in [0.5, 0.6) is 0 Å². The summed E-state index contributed by atoms with van der Waals surface area (Å²) in [5, 5.41) is 0. The molecule has 0 aliphatic heterocycles. The van der Waals surface area contributed by atoms with Gasteiger partial charge in [0.05, 0.1) is 8.07 Å². The van der Waals surface area contributed by atoms with E-state index < -0.39 is 25.1 Å². The highest BCUT2D eigenvalue weighted by Gasteiger charge is 2.34. The van der Waals surface area contributed by atoms with Crippen molar-refractivity contribution in [3.05, 3.63) is 69.0 Å². The molecule has 0 fully saturated rings. The first kappa shape index (κ1) is 31.9. The Morgan fingerprint density at radius 1 is 0.694 bits per heavy atom. The molecule has 0 saturated carbocycles. The third kappa shape index (κ3) is 8.18. The van der Waals surface area contributed by atoms with Gasteiger partial charge >= 0.3 is 17.1 Å². The van der Waals surface area contributed by atoms with Crippen LogP contribution in [-0.4, -0.2) is 21.8 Å². The van der Waals surface area contributed by atoms with E-state index >= 15 is 0 Å². The van der Waals surface area contributed by atoms with E-state index in [4.69, 9.17) is 0 Å². The summed E-state index contributed by atoms with van der Waals surface area (Å²) in [6.07, 6.45) is 7.46. The first-order valence-electron chi connectivity index (χ1n) is 13.3. The predicted octanol–water partition coefficient (Wildman–Crippen LogP) is 6.01. The van der Waals surface area contributed by atoms with Gasteiger partial charge in [0.25, 0.3) is 0 Å². The van der Waals surface area contributed by atoms with Gasteiger partial charge in [-0.15, -0.1) is 25.4 Å². The first-order chi connectivity index (χ1) is 16.4. The van der Waals surface area contributed by atoms with Gasteiger partial charge in [0.1, 0.15) is 0 Å². The van der Waals surface area contributed by atoms with E-state index in [9.17, 15) is 14.4 Å². The van der Waals surface area contributed by atoms with Crippen molar-refractivity contribution in [2.24, 2.45) is 16.2 Å². The second kappa shape index (κ2) is 12.4. The van der Waals surface area contributed by atoms with E-state index in [-0.39, 0.29) is 29.3 Å². The van der Waals surface area contributed by atoms with Crippen molar-refractivity contribution in [2.75, 3.05) is 0 Å². The average molecular weight is 518 g/mol. The monoisotopic (exact) mass is 517 g/mol. The summed E-state index contributed by atoms with van der Waals surface area (Å²) in [5.41, 5.74) is 0.305. The van der Waals surface area contributed by atoms with Crippen LogP contribution < -0.4 is 17.1 Å². The number of hydrogen-bond donors (Lipinski definition) is 0. The number of hydrogen-bond acceptors (Lipinski definition) is 3. The van der Waals surface area contributed by atoms with Crippen LogP contribution in [0.2, 0.25) is 19.1 Å². The molecule has 0 N–H and O–H groups in total. The number of aromatic nitrogens is 3. The number of nitrogens with zero attached hydrogens (tertiary/aromatic N) is 3. The Morgan fingerprint density at radius 2 is 1.11 bits per heavy atom. The molecule has 0 aromatic carbocycles. The van der Waals surface area contributed by atoms with Gasteiger partial charge < -0.3 is 0 Å². The molecule has 0 radical (unpaired) electrons.